The van der Waals surface area contributed by atoms with E-state index < -0.39 is 0 Å². The second kappa shape index (κ2) is 4.76. The van der Waals surface area contributed by atoms with Crippen LogP contribution in [0.3, 0.4) is 0 Å². The summed E-state index contributed by atoms with van der Waals surface area (Å²) in [6.07, 6.45) is 2.13. The Morgan fingerprint density at radius 3 is 2.84 bits per heavy atom. The molecule has 2 aromatic carbocycles. The Morgan fingerprint density at radius 2 is 2.00 bits per heavy atom. The van der Waals surface area contributed by atoms with E-state index in [1.54, 1.807) is 12.1 Å². The third kappa shape index (κ3) is 2.19. The first-order valence-corrected chi connectivity index (χ1v) is 6.52. The standard InChI is InChI=1S/C16H16N2O/c17-14-6-2-1-5-13(14)16(19)12-7-8-15-11(10-12)4-3-9-18-15/h1-2,5-8,10,18H,3-4,9,17H2. The molecule has 1 heterocycles. The van der Waals surface area contributed by atoms with E-state index in [0.29, 0.717) is 16.8 Å². The number of hydrogen-bond acceptors (Lipinski definition) is 3. The Bertz CT molecular complexity index is 634. The number of anilines is 2. The van der Waals surface area contributed by atoms with Crippen molar-refractivity contribution in [3.05, 3.63) is 59.2 Å². The molecule has 0 aromatic heterocycles. The van der Waals surface area contributed by atoms with Gasteiger partial charge in [0.05, 0.1) is 0 Å². The van der Waals surface area contributed by atoms with Gasteiger partial charge in [0.25, 0.3) is 0 Å². The van der Waals surface area contributed by atoms with Crippen molar-refractivity contribution >= 4 is 17.2 Å². The van der Waals surface area contributed by atoms with Gasteiger partial charge in [0.1, 0.15) is 0 Å². The molecule has 0 radical (unpaired) electrons. The van der Waals surface area contributed by atoms with Crippen LogP contribution in [0, 0.1) is 0 Å². The minimum atomic E-state index is -0.00789. The Hall–Kier alpha value is -2.29. The molecule has 3 rings (SSSR count). The van der Waals surface area contributed by atoms with Crippen LogP contribution < -0.4 is 11.1 Å². The van der Waals surface area contributed by atoms with E-state index in [2.05, 4.69) is 5.32 Å². The lowest BCUT2D eigenvalue weighted by Crippen LogP contribution is -2.13. The summed E-state index contributed by atoms with van der Waals surface area (Å²) in [4.78, 5) is 12.5. The van der Waals surface area contributed by atoms with E-state index in [-0.39, 0.29) is 5.78 Å². The number of carbonyl (C=O) groups is 1. The molecule has 0 bridgehead atoms. The number of carbonyl (C=O) groups excluding carboxylic acids is 1. The quantitative estimate of drug-likeness (QED) is 0.638. The zero-order valence-corrected chi connectivity index (χ0v) is 10.6. The molecule has 0 aliphatic carbocycles. The molecular weight excluding hydrogens is 236 g/mol. The predicted molar refractivity (Wildman–Crippen MR) is 77.5 cm³/mol. The van der Waals surface area contributed by atoms with E-state index >= 15 is 0 Å². The smallest absolute Gasteiger partial charge is 0.195 e. The normalized spacial score (nSPS) is 13.5. The Balaban J connectivity index is 1.98. The highest BCUT2D eigenvalue weighted by molar-refractivity contribution is 6.12. The fraction of sp³-hybridized carbons (Fsp3) is 0.188. The third-order valence-corrected chi connectivity index (χ3v) is 3.51. The summed E-state index contributed by atoms with van der Waals surface area (Å²) in [6.45, 7) is 1.01. The van der Waals surface area contributed by atoms with E-state index in [9.17, 15) is 4.79 Å². The maximum Gasteiger partial charge on any atom is 0.195 e. The van der Waals surface area contributed by atoms with E-state index in [1.165, 1.54) is 5.56 Å². The summed E-state index contributed by atoms with van der Waals surface area (Å²) in [5.74, 6) is -0.00789. The van der Waals surface area contributed by atoms with Gasteiger partial charge in [0, 0.05) is 29.0 Å². The van der Waals surface area contributed by atoms with E-state index in [1.807, 2.05) is 30.3 Å². The first kappa shape index (κ1) is 11.8. The summed E-state index contributed by atoms with van der Waals surface area (Å²) in [7, 11) is 0. The predicted octanol–water partition coefficient (Wildman–Crippen LogP) is 2.86. The van der Waals surface area contributed by atoms with Crippen molar-refractivity contribution in [1.29, 1.82) is 0 Å². The van der Waals surface area contributed by atoms with Crippen LogP contribution in [-0.2, 0) is 6.42 Å². The van der Waals surface area contributed by atoms with Gasteiger partial charge in [-0.2, -0.15) is 0 Å². The van der Waals surface area contributed by atoms with Crippen molar-refractivity contribution < 1.29 is 4.79 Å². The monoisotopic (exact) mass is 252 g/mol. The summed E-state index contributed by atoms with van der Waals surface area (Å²) < 4.78 is 0. The maximum absolute atomic E-state index is 12.5. The zero-order chi connectivity index (χ0) is 13.2. The van der Waals surface area contributed by atoms with Crippen LogP contribution in [-0.4, -0.2) is 12.3 Å². The van der Waals surface area contributed by atoms with Crippen LogP contribution in [0.25, 0.3) is 0 Å². The number of rotatable bonds is 2. The highest BCUT2D eigenvalue weighted by Gasteiger charge is 2.15. The molecule has 0 amide bonds. The maximum atomic E-state index is 12.5. The van der Waals surface area contributed by atoms with Gasteiger partial charge in [0.15, 0.2) is 5.78 Å². The number of fused-ring (bicyclic) bond motifs is 1. The van der Waals surface area contributed by atoms with Crippen molar-refractivity contribution in [1.82, 2.24) is 0 Å². The molecule has 3 N–H and O–H groups in total. The van der Waals surface area contributed by atoms with Gasteiger partial charge in [-0.3, -0.25) is 4.79 Å². The van der Waals surface area contributed by atoms with Crippen molar-refractivity contribution in [2.45, 2.75) is 12.8 Å². The largest absolute Gasteiger partial charge is 0.398 e. The highest BCUT2D eigenvalue weighted by atomic mass is 16.1. The summed E-state index contributed by atoms with van der Waals surface area (Å²) in [6, 6.07) is 13.0. The summed E-state index contributed by atoms with van der Waals surface area (Å²) in [5.41, 5.74) is 10.0. The molecule has 0 unspecified atom stereocenters. The molecule has 19 heavy (non-hydrogen) atoms. The SMILES string of the molecule is Nc1ccccc1C(=O)c1ccc2c(c1)CCCN2. The first-order chi connectivity index (χ1) is 9.25. The molecule has 0 fully saturated rings. The van der Waals surface area contributed by atoms with E-state index in [4.69, 9.17) is 5.73 Å². The van der Waals surface area contributed by atoms with Gasteiger partial charge in [-0.1, -0.05) is 12.1 Å². The van der Waals surface area contributed by atoms with Crippen molar-refractivity contribution in [2.75, 3.05) is 17.6 Å². The fourth-order valence-corrected chi connectivity index (χ4v) is 2.48. The molecule has 1 aliphatic rings. The van der Waals surface area contributed by atoms with Gasteiger partial charge >= 0.3 is 0 Å². The lowest BCUT2D eigenvalue weighted by Gasteiger charge is -2.18. The highest BCUT2D eigenvalue weighted by Crippen LogP contribution is 2.25. The number of benzene rings is 2. The Kier molecular flexibility index (Phi) is 2.95. The van der Waals surface area contributed by atoms with Crippen LogP contribution in [0.1, 0.15) is 27.9 Å². The number of aryl methyl sites for hydroxylation is 1. The zero-order valence-electron chi connectivity index (χ0n) is 10.6. The molecule has 1 aliphatic heterocycles. The average molecular weight is 252 g/mol. The van der Waals surface area contributed by atoms with Crippen molar-refractivity contribution in [3.8, 4) is 0 Å². The molecule has 0 atom stereocenters. The van der Waals surface area contributed by atoms with E-state index in [0.717, 1.165) is 25.1 Å². The Morgan fingerprint density at radius 1 is 1.16 bits per heavy atom. The summed E-state index contributed by atoms with van der Waals surface area (Å²) in [5, 5.41) is 3.34. The molecular formula is C16H16N2O. The van der Waals surface area contributed by atoms with Gasteiger partial charge in [0.2, 0.25) is 0 Å². The second-order valence-electron chi connectivity index (χ2n) is 4.82. The average Bonchev–Trinajstić information content (AvgIpc) is 2.46. The minimum absolute atomic E-state index is 0.00789. The van der Waals surface area contributed by atoms with Crippen LogP contribution in [0.4, 0.5) is 11.4 Å². The third-order valence-electron chi connectivity index (χ3n) is 3.51. The van der Waals surface area contributed by atoms with Crippen LogP contribution in [0.15, 0.2) is 42.5 Å². The lowest BCUT2D eigenvalue weighted by molar-refractivity contribution is 0.103. The molecule has 0 spiro atoms. The summed E-state index contributed by atoms with van der Waals surface area (Å²) >= 11 is 0. The van der Waals surface area contributed by atoms with Crippen molar-refractivity contribution in [2.24, 2.45) is 0 Å². The Labute approximate surface area is 112 Å². The molecule has 0 saturated heterocycles. The van der Waals surface area contributed by atoms with Crippen LogP contribution in [0.2, 0.25) is 0 Å². The fourth-order valence-electron chi connectivity index (χ4n) is 2.48. The number of nitrogens with two attached hydrogens (primary N) is 1. The molecule has 96 valence electrons. The van der Waals surface area contributed by atoms with Gasteiger partial charge < -0.3 is 11.1 Å². The number of ketones is 1. The minimum Gasteiger partial charge on any atom is -0.398 e. The molecule has 3 heteroatoms. The number of nitrogens with one attached hydrogen (secondary N) is 1. The van der Waals surface area contributed by atoms with Crippen LogP contribution >= 0.6 is 0 Å². The topological polar surface area (TPSA) is 55.1 Å². The van der Waals surface area contributed by atoms with Crippen LogP contribution in [0.5, 0.6) is 0 Å². The molecule has 2 aromatic rings. The van der Waals surface area contributed by atoms with Gasteiger partial charge in [-0.05, 0) is 48.7 Å². The second-order valence-corrected chi connectivity index (χ2v) is 4.82. The van der Waals surface area contributed by atoms with Gasteiger partial charge in [-0.25, -0.2) is 0 Å². The van der Waals surface area contributed by atoms with Gasteiger partial charge in [-0.15, -0.1) is 0 Å². The lowest BCUT2D eigenvalue weighted by atomic mass is 9.96. The molecule has 0 saturated carbocycles. The number of nitrogen functional groups attached to an aromatic ring is 1. The number of hydrogen-bond donors (Lipinski definition) is 2. The number of para-hydroxylation sites is 1. The van der Waals surface area contributed by atoms with Crippen molar-refractivity contribution in [3.63, 3.8) is 0 Å². The molecule has 3 nitrogen and oxygen atoms in total. The first-order valence-electron chi connectivity index (χ1n) is 6.52.